The molecule has 1 atom stereocenters. The maximum Gasteiger partial charge on any atom is 0.251 e. The van der Waals surface area contributed by atoms with Gasteiger partial charge in [0.1, 0.15) is 11.7 Å². The summed E-state index contributed by atoms with van der Waals surface area (Å²) in [5.74, 6) is -2.01. The number of nitrogens with zero attached hydrogens (tertiary/aromatic N) is 1. The molecular formula is C16H12F2N2O. The Bertz CT molecular complexity index is 760. The Morgan fingerprint density at radius 3 is 2.81 bits per heavy atom. The minimum Gasteiger partial charge on any atom is -0.351 e. The van der Waals surface area contributed by atoms with Gasteiger partial charge in [0.2, 0.25) is 0 Å². The lowest BCUT2D eigenvalue weighted by Gasteiger charge is -2.42. The number of nitrogens with one attached hydrogen (secondary N) is 1. The van der Waals surface area contributed by atoms with Gasteiger partial charge in [-0.2, -0.15) is 0 Å². The molecule has 0 fully saturated rings. The molecular weight excluding hydrogens is 274 g/mol. The molecule has 1 unspecified atom stereocenters. The number of amides is 1. The van der Waals surface area contributed by atoms with E-state index in [1.165, 1.54) is 6.07 Å². The molecule has 1 amide bonds. The second-order valence-corrected chi connectivity index (χ2v) is 5.29. The topological polar surface area (TPSA) is 32.3 Å². The highest BCUT2D eigenvalue weighted by Crippen LogP contribution is 2.43. The first-order valence-corrected chi connectivity index (χ1v) is 6.80. The molecule has 21 heavy (non-hydrogen) atoms. The summed E-state index contributed by atoms with van der Waals surface area (Å²) in [6.45, 7) is 0.489. The van der Waals surface area contributed by atoms with E-state index in [1.54, 1.807) is 4.90 Å². The van der Waals surface area contributed by atoms with E-state index < -0.39 is 17.7 Å². The Kier molecular flexibility index (Phi) is 2.51. The number of benzene rings is 2. The zero-order valence-corrected chi connectivity index (χ0v) is 11.1. The third-order valence-electron chi connectivity index (χ3n) is 4.15. The first kappa shape index (κ1) is 12.3. The van der Waals surface area contributed by atoms with Crippen molar-refractivity contribution in [3.63, 3.8) is 0 Å². The van der Waals surface area contributed by atoms with E-state index in [0.29, 0.717) is 18.7 Å². The van der Waals surface area contributed by atoms with Crippen LogP contribution in [-0.2, 0) is 11.2 Å². The smallest absolute Gasteiger partial charge is 0.251 e. The van der Waals surface area contributed by atoms with Crippen molar-refractivity contribution in [1.29, 1.82) is 0 Å². The fourth-order valence-electron chi connectivity index (χ4n) is 3.21. The number of hydrogen-bond acceptors (Lipinski definition) is 2. The molecule has 0 radical (unpaired) electrons. The fraction of sp³-hybridized carbons (Fsp3) is 0.188. The van der Waals surface area contributed by atoms with Gasteiger partial charge in [0, 0.05) is 6.54 Å². The number of rotatable bonds is 0. The van der Waals surface area contributed by atoms with E-state index in [-0.39, 0.29) is 11.6 Å². The van der Waals surface area contributed by atoms with Crippen LogP contribution in [0.3, 0.4) is 0 Å². The van der Waals surface area contributed by atoms with Gasteiger partial charge in [-0.05, 0) is 29.7 Å². The van der Waals surface area contributed by atoms with Gasteiger partial charge in [0.15, 0.2) is 11.6 Å². The van der Waals surface area contributed by atoms with E-state index in [9.17, 15) is 13.6 Å². The van der Waals surface area contributed by atoms with Gasteiger partial charge in [0.05, 0.1) is 5.69 Å². The Labute approximate surface area is 120 Å². The normalized spacial score (nSPS) is 19.4. The molecule has 0 spiro atoms. The molecule has 2 heterocycles. The largest absolute Gasteiger partial charge is 0.351 e. The lowest BCUT2D eigenvalue weighted by Crippen LogP contribution is -2.46. The van der Waals surface area contributed by atoms with Crippen LogP contribution in [0, 0.1) is 11.6 Å². The van der Waals surface area contributed by atoms with Crippen LogP contribution in [0.25, 0.3) is 0 Å². The van der Waals surface area contributed by atoms with Crippen LogP contribution in [0.15, 0.2) is 36.4 Å². The Balaban J connectivity index is 1.92. The van der Waals surface area contributed by atoms with Gasteiger partial charge in [-0.15, -0.1) is 0 Å². The molecule has 0 saturated heterocycles. The summed E-state index contributed by atoms with van der Waals surface area (Å²) in [5, 5.41) is 2.68. The maximum atomic E-state index is 14.2. The zero-order valence-electron chi connectivity index (χ0n) is 11.1. The molecule has 106 valence electrons. The van der Waals surface area contributed by atoms with Crippen LogP contribution in [0.1, 0.15) is 17.2 Å². The SMILES string of the molecule is O=C1Nc2ccc(F)c(F)c2N2CCc3ccccc3C12. The predicted molar refractivity (Wildman–Crippen MR) is 75.2 cm³/mol. The van der Waals surface area contributed by atoms with Gasteiger partial charge in [-0.25, -0.2) is 8.78 Å². The molecule has 4 rings (SSSR count). The Hall–Kier alpha value is -2.43. The van der Waals surface area contributed by atoms with Crippen molar-refractivity contribution in [1.82, 2.24) is 0 Å². The first-order valence-electron chi connectivity index (χ1n) is 6.80. The summed E-state index contributed by atoms with van der Waals surface area (Å²) < 4.78 is 27.7. The standard InChI is InChI=1S/C16H12F2N2O/c17-11-5-6-12-15(13(11)18)20-8-7-9-3-1-2-4-10(9)14(20)16(21)19-12/h1-6,14H,7-8H2,(H,19,21). The summed E-state index contributed by atoms with van der Waals surface area (Å²) in [6, 6.07) is 9.45. The molecule has 0 aliphatic carbocycles. The Morgan fingerprint density at radius 2 is 1.95 bits per heavy atom. The lowest BCUT2D eigenvalue weighted by molar-refractivity contribution is -0.118. The number of carbonyl (C=O) groups is 1. The predicted octanol–water partition coefficient (Wildman–Crippen LogP) is 3.02. The second-order valence-electron chi connectivity index (χ2n) is 5.29. The minimum atomic E-state index is -0.906. The van der Waals surface area contributed by atoms with Crippen LogP contribution in [-0.4, -0.2) is 12.5 Å². The zero-order chi connectivity index (χ0) is 14.6. The average molecular weight is 286 g/mol. The molecule has 0 saturated carbocycles. The van der Waals surface area contributed by atoms with Gasteiger partial charge in [0.25, 0.3) is 5.91 Å². The highest BCUT2D eigenvalue weighted by molar-refractivity contribution is 6.04. The van der Waals surface area contributed by atoms with Crippen molar-refractivity contribution in [2.24, 2.45) is 0 Å². The van der Waals surface area contributed by atoms with Crippen molar-refractivity contribution in [3.8, 4) is 0 Å². The molecule has 2 aromatic rings. The van der Waals surface area contributed by atoms with Gasteiger partial charge >= 0.3 is 0 Å². The molecule has 0 bridgehead atoms. The van der Waals surface area contributed by atoms with Crippen molar-refractivity contribution in [2.75, 3.05) is 16.8 Å². The van der Waals surface area contributed by atoms with Crippen molar-refractivity contribution in [2.45, 2.75) is 12.5 Å². The van der Waals surface area contributed by atoms with Gasteiger partial charge in [-0.1, -0.05) is 24.3 Å². The van der Waals surface area contributed by atoms with E-state index in [2.05, 4.69) is 5.32 Å². The Morgan fingerprint density at radius 1 is 1.14 bits per heavy atom. The van der Waals surface area contributed by atoms with Crippen LogP contribution in [0.2, 0.25) is 0 Å². The third-order valence-corrected chi connectivity index (χ3v) is 4.15. The summed E-state index contributed by atoms with van der Waals surface area (Å²) in [7, 11) is 0. The lowest BCUT2D eigenvalue weighted by atomic mass is 9.90. The fourth-order valence-corrected chi connectivity index (χ4v) is 3.21. The van der Waals surface area contributed by atoms with E-state index in [1.807, 2.05) is 24.3 Å². The summed E-state index contributed by atoms with van der Waals surface area (Å²) in [4.78, 5) is 14.0. The molecule has 0 aromatic heterocycles. The second kappa shape index (κ2) is 4.28. The minimum absolute atomic E-state index is 0.147. The molecule has 2 aliphatic heterocycles. The summed E-state index contributed by atoms with van der Waals surface area (Å²) in [5.41, 5.74) is 2.41. The highest BCUT2D eigenvalue weighted by atomic mass is 19.2. The van der Waals surface area contributed by atoms with E-state index >= 15 is 0 Å². The van der Waals surface area contributed by atoms with Crippen LogP contribution < -0.4 is 10.2 Å². The maximum absolute atomic E-state index is 14.2. The van der Waals surface area contributed by atoms with Crippen molar-refractivity contribution < 1.29 is 13.6 Å². The van der Waals surface area contributed by atoms with Crippen LogP contribution >= 0.6 is 0 Å². The van der Waals surface area contributed by atoms with Crippen LogP contribution in [0.4, 0.5) is 20.2 Å². The number of fused-ring (bicyclic) bond motifs is 5. The monoisotopic (exact) mass is 286 g/mol. The number of carbonyl (C=O) groups excluding carboxylic acids is 1. The molecule has 3 nitrogen and oxygen atoms in total. The first-order chi connectivity index (χ1) is 10.2. The number of halogens is 2. The summed E-state index contributed by atoms with van der Waals surface area (Å²) in [6.07, 6.45) is 0.704. The average Bonchev–Trinajstić information content (AvgIpc) is 2.50. The molecule has 1 N–H and O–H groups in total. The van der Waals surface area contributed by atoms with Gasteiger partial charge in [-0.3, -0.25) is 4.79 Å². The molecule has 2 aromatic carbocycles. The summed E-state index contributed by atoms with van der Waals surface area (Å²) >= 11 is 0. The van der Waals surface area contributed by atoms with E-state index in [0.717, 1.165) is 17.2 Å². The van der Waals surface area contributed by atoms with Crippen LogP contribution in [0.5, 0.6) is 0 Å². The van der Waals surface area contributed by atoms with Crippen molar-refractivity contribution in [3.05, 3.63) is 59.2 Å². The van der Waals surface area contributed by atoms with Gasteiger partial charge < -0.3 is 10.2 Å². The number of hydrogen-bond donors (Lipinski definition) is 1. The van der Waals surface area contributed by atoms with Crippen molar-refractivity contribution >= 4 is 17.3 Å². The highest BCUT2D eigenvalue weighted by Gasteiger charge is 2.39. The molecule has 5 heteroatoms. The molecule has 2 aliphatic rings. The third kappa shape index (κ3) is 1.67. The quantitative estimate of drug-likeness (QED) is 0.807. The van der Waals surface area contributed by atoms with E-state index in [4.69, 9.17) is 0 Å². The number of anilines is 2.